The van der Waals surface area contributed by atoms with Gasteiger partial charge in [-0.05, 0) is 24.6 Å². The normalized spacial score (nSPS) is 14.7. The average molecular weight is 431 g/mol. The minimum absolute atomic E-state index is 0.458. The summed E-state index contributed by atoms with van der Waals surface area (Å²) in [5.74, 6) is 1.35. The maximum Gasteiger partial charge on any atom is 0.245 e. The van der Waals surface area contributed by atoms with Crippen molar-refractivity contribution in [3.8, 4) is 5.88 Å². The van der Waals surface area contributed by atoms with E-state index in [1.54, 1.807) is 18.7 Å². The second kappa shape index (κ2) is 9.69. The molecule has 1 fully saturated rings. The number of piperazine rings is 1. The van der Waals surface area contributed by atoms with Crippen molar-refractivity contribution in [2.45, 2.75) is 19.6 Å². The van der Waals surface area contributed by atoms with Gasteiger partial charge in [0.05, 0.1) is 6.33 Å². The predicted molar refractivity (Wildman–Crippen MR) is 121 cm³/mol. The van der Waals surface area contributed by atoms with Gasteiger partial charge >= 0.3 is 0 Å². The summed E-state index contributed by atoms with van der Waals surface area (Å²) in [5.41, 5.74) is 2.62. The molecule has 0 spiro atoms. The molecule has 4 aromatic rings. The Hall–Kier alpha value is -3.59. The van der Waals surface area contributed by atoms with Crippen molar-refractivity contribution in [2.75, 3.05) is 37.6 Å². The number of hydrogen-bond acceptors (Lipinski definition) is 8. The Balaban J connectivity index is 1.14. The minimum Gasteiger partial charge on any atom is -0.471 e. The summed E-state index contributed by atoms with van der Waals surface area (Å²) in [6.45, 7) is 6.28. The largest absolute Gasteiger partial charge is 0.471 e. The van der Waals surface area contributed by atoms with Crippen LogP contribution < -0.4 is 9.64 Å². The third-order valence-corrected chi connectivity index (χ3v) is 5.67. The molecule has 5 rings (SSSR count). The summed E-state index contributed by atoms with van der Waals surface area (Å²) >= 11 is 0. The Bertz CT molecular complexity index is 1130. The number of fused-ring (bicyclic) bond motifs is 1. The van der Waals surface area contributed by atoms with Crippen LogP contribution in [0.15, 0.2) is 61.4 Å². The summed E-state index contributed by atoms with van der Waals surface area (Å²) in [6.07, 6.45) is 8.00. The van der Waals surface area contributed by atoms with Crippen LogP contribution in [0, 0.1) is 0 Å². The van der Waals surface area contributed by atoms with Crippen molar-refractivity contribution in [2.24, 2.45) is 0 Å². The molecular weight excluding hydrogens is 404 g/mol. The molecule has 0 amide bonds. The van der Waals surface area contributed by atoms with E-state index in [0.717, 1.165) is 62.8 Å². The maximum atomic E-state index is 5.91. The van der Waals surface area contributed by atoms with Gasteiger partial charge in [0.25, 0.3) is 0 Å². The zero-order valence-corrected chi connectivity index (χ0v) is 17.9. The van der Waals surface area contributed by atoms with Crippen LogP contribution in [0.25, 0.3) is 11.2 Å². The first-order valence-electron chi connectivity index (χ1n) is 10.9. The molecule has 3 aromatic heterocycles. The van der Waals surface area contributed by atoms with Gasteiger partial charge in [-0.15, -0.1) is 0 Å². The number of rotatable bonds is 8. The lowest BCUT2D eigenvalue weighted by Crippen LogP contribution is -2.47. The van der Waals surface area contributed by atoms with Gasteiger partial charge in [-0.25, -0.2) is 19.9 Å². The third-order valence-electron chi connectivity index (χ3n) is 5.67. The Kier molecular flexibility index (Phi) is 6.16. The molecule has 164 valence electrons. The van der Waals surface area contributed by atoms with Crippen LogP contribution in [-0.4, -0.2) is 67.1 Å². The van der Waals surface area contributed by atoms with E-state index < -0.39 is 0 Å². The zero-order chi connectivity index (χ0) is 21.6. The molecule has 32 heavy (non-hydrogen) atoms. The van der Waals surface area contributed by atoms with Crippen molar-refractivity contribution in [1.29, 1.82) is 0 Å². The number of aryl methyl sites for hydroxylation is 1. The second-order valence-electron chi connectivity index (χ2n) is 7.79. The molecule has 1 aliphatic heterocycles. The first-order chi connectivity index (χ1) is 15.9. The molecule has 0 bridgehead atoms. The number of benzene rings is 1. The van der Waals surface area contributed by atoms with E-state index in [1.165, 1.54) is 0 Å². The number of ether oxygens (including phenoxy) is 1. The van der Waals surface area contributed by atoms with Gasteiger partial charge in [0.2, 0.25) is 11.8 Å². The third kappa shape index (κ3) is 4.67. The molecule has 1 saturated heterocycles. The molecular formula is C23H26N8O. The highest BCUT2D eigenvalue weighted by molar-refractivity contribution is 5.75. The molecule has 9 heteroatoms. The van der Waals surface area contributed by atoms with Crippen molar-refractivity contribution in [3.05, 3.63) is 67.0 Å². The van der Waals surface area contributed by atoms with E-state index in [-0.39, 0.29) is 0 Å². The van der Waals surface area contributed by atoms with Crippen LogP contribution in [0.5, 0.6) is 5.88 Å². The van der Waals surface area contributed by atoms with Gasteiger partial charge in [0.15, 0.2) is 11.2 Å². The molecule has 9 nitrogen and oxygen atoms in total. The average Bonchev–Trinajstić information content (AvgIpc) is 3.28. The van der Waals surface area contributed by atoms with Crippen molar-refractivity contribution < 1.29 is 4.74 Å². The van der Waals surface area contributed by atoms with E-state index in [1.807, 2.05) is 42.7 Å². The molecule has 0 radical (unpaired) electrons. The molecule has 0 aliphatic carbocycles. The second-order valence-corrected chi connectivity index (χ2v) is 7.79. The Morgan fingerprint density at radius 2 is 1.62 bits per heavy atom. The fourth-order valence-electron chi connectivity index (χ4n) is 3.95. The van der Waals surface area contributed by atoms with Gasteiger partial charge in [0, 0.05) is 45.1 Å². The molecule has 0 saturated carbocycles. The van der Waals surface area contributed by atoms with Crippen LogP contribution in [0.4, 0.5) is 5.95 Å². The highest BCUT2D eigenvalue weighted by Gasteiger charge is 2.18. The highest BCUT2D eigenvalue weighted by atomic mass is 16.5. The molecule has 1 aliphatic rings. The monoisotopic (exact) mass is 430 g/mol. The van der Waals surface area contributed by atoms with Crippen LogP contribution in [0.2, 0.25) is 0 Å². The van der Waals surface area contributed by atoms with Crippen molar-refractivity contribution in [1.82, 2.24) is 34.4 Å². The maximum absolute atomic E-state index is 5.91. The summed E-state index contributed by atoms with van der Waals surface area (Å²) < 4.78 is 8.00. The van der Waals surface area contributed by atoms with Crippen LogP contribution >= 0.6 is 0 Å². The Labute approximate surface area is 186 Å². The van der Waals surface area contributed by atoms with Crippen LogP contribution in [0.1, 0.15) is 12.0 Å². The fourth-order valence-corrected chi connectivity index (χ4v) is 3.95. The Morgan fingerprint density at radius 3 is 2.44 bits per heavy atom. The molecule has 0 unspecified atom stereocenters. The predicted octanol–water partition coefficient (Wildman–Crippen LogP) is 2.41. The number of nitrogens with zero attached hydrogens (tertiary/aromatic N) is 8. The Morgan fingerprint density at radius 1 is 0.812 bits per heavy atom. The highest BCUT2D eigenvalue weighted by Crippen LogP contribution is 2.21. The molecule has 4 heterocycles. The van der Waals surface area contributed by atoms with E-state index in [0.29, 0.717) is 18.0 Å². The lowest BCUT2D eigenvalue weighted by atomic mass is 10.2. The summed E-state index contributed by atoms with van der Waals surface area (Å²) in [6, 6.07) is 11.9. The van der Waals surface area contributed by atoms with Gasteiger partial charge < -0.3 is 14.2 Å². The molecule has 1 aromatic carbocycles. The van der Waals surface area contributed by atoms with E-state index in [9.17, 15) is 0 Å². The van der Waals surface area contributed by atoms with E-state index in [2.05, 4.69) is 39.3 Å². The van der Waals surface area contributed by atoms with Gasteiger partial charge in [0.1, 0.15) is 12.9 Å². The first kappa shape index (κ1) is 20.3. The van der Waals surface area contributed by atoms with E-state index >= 15 is 0 Å². The van der Waals surface area contributed by atoms with Gasteiger partial charge in [-0.3, -0.25) is 4.90 Å². The van der Waals surface area contributed by atoms with E-state index in [4.69, 9.17) is 4.74 Å². The summed E-state index contributed by atoms with van der Waals surface area (Å²) in [5, 5.41) is 0. The number of imidazole rings is 1. The van der Waals surface area contributed by atoms with Crippen molar-refractivity contribution >= 4 is 17.1 Å². The lowest BCUT2D eigenvalue weighted by molar-refractivity contribution is 0.249. The standard InChI is InChI=1S/C23H26N8O/c1-2-6-19(7-3-1)16-32-22-20-21(26-17-27-22)31(18-28-20)11-5-10-29-12-14-30(15-13-29)23-24-8-4-9-25-23/h1-4,6-9,17-18H,5,10-16H2. The zero-order valence-electron chi connectivity index (χ0n) is 17.9. The summed E-state index contributed by atoms with van der Waals surface area (Å²) in [4.78, 5) is 26.7. The van der Waals surface area contributed by atoms with Crippen LogP contribution in [0.3, 0.4) is 0 Å². The van der Waals surface area contributed by atoms with Gasteiger partial charge in [-0.1, -0.05) is 30.3 Å². The number of hydrogen-bond donors (Lipinski definition) is 0. The smallest absolute Gasteiger partial charge is 0.245 e. The van der Waals surface area contributed by atoms with Crippen molar-refractivity contribution in [3.63, 3.8) is 0 Å². The molecule has 0 N–H and O–H groups in total. The van der Waals surface area contributed by atoms with Gasteiger partial charge in [-0.2, -0.15) is 4.98 Å². The minimum atomic E-state index is 0.458. The number of aromatic nitrogens is 6. The number of anilines is 1. The fraction of sp³-hybridized carbons (Fsp3) is 0.348. The topological polar surface area (TPSA) is 85.1 Å². The van der Waals surface area contributed by atoms with Crippen LogP contribution in [-0.2, 0) is 13.2 Å². The lowest BCUT2D eigenvalue weighted by Gasteiger charge is -2.34. The molecule has 0 atom stereocenters. The SMILES string of the molecule is c1ccc(COc2ncnc3c2ncn3CCCN2CCN(c3ncccn3)CC2)cc1. The quantitative estimate of drug-likeness (QED) is 0.421. The summed E-state index contributed by atoms with van der Waals surface area (Å²) in [7, 11) is 0. The first-order valence-corrected chi connectivity index (χ1v) is 10.9.